The van der Waals surface area contributed by atoms with Gasteiger partial charge in [0.2, 0.25) is 11.7 Å². The van der Waals surface area contributed by atoms with Crippen molar-refractivity contribution in [3.63, 3.8) is 0 Å². The van der Waals surface area contributed by atoms with Gasteiger partial charge in [0.05, 0.1) is 6.10 Å². The number of carbonyl (C=O) groups excluding carboxylic acids is 4. The molecule has 0 aliphatic heterocycles. The fourth-order valence-corrected chi connectivity index (χ4v) is 5.02. The van der Waals surface area contributed by atoms with Crippen molar-refractivity contribution in [3.8, 4) is 5.75 Å². The fourth-order valence-electron chi connectivity index (χ4n) is 5.02. The highest BCUT2D eigenvalue weighted by Crippen LogP contribution is 2.19. The molecule has 0 aromatic heterocycles. The number of nitrogens with one attached hydrogen (secondary N) is 3. The average Bonchev–Trinajstić information content (AvgIpc) is 3.12. The minimum absolute atomic E-state index is 0.0164. The van der Waals surface area contributed by atoms with Gasteiger partial charge in [-0.1, -0.05) is 117 Å². The Morgan fingerprint density at radius 3 is 1.80 bits per heavy atom. The summed E-state index contributed by atoms with van der Waals surface area (Å²) in [7, 11) is 0. The molecule has 0 spiro atoms. The summed E-state index contributed by atoms with van der Waals surface area (Å²) < 4.78 is 11.1. The number of Topliss-reactive ketones (excluding diaryl/α,β-unsaturated/α-hetero) is 1. The predicted octanol–water partition coefficient (Wildman–Crippen LogP) is 5.05. The lowest BCUT2D eigenvalue weighted by molar-refractivity contribution is -0.140. The number of hydrogen-bond donors (Lipinski definition) is 4. The molecule has 10 heteroatoms. The van der Waals surface area contributed by atoms with E-state index in [4.69, 9.17) is 9.47 Å². The summed E-state index contributed by atoms with van der Waals surface area (Å²) in [6.45, 7) is 3.98. The molecular weight excluding hydrogens is 622 g/mol. The van der Waals surface area contributed by atoms with E-state index in [1.54, 1.807) is 48.5 Å². The number of ketones is 1. The Balaban J connectivity index is 1.36. The van der Waals surface area contributed by atoms with E-state index < -0.39 is 41.9 Å². The number of rotatable bonds is 17. The zero-order valence-electron chi connectivity index (χ0n) is 27.7. The van der Waals surface area contributed by atoms with Gasteiger partial charge in [-0.15, -0.1) is 0 Å². The van der Waals surface area contributed by atoms with Crippen LogP contribution < -0.4 is 20.7 Å². The topological polar surface area (TPSA) is 143 Å². The monoisotopic (exact) mass is 665 g/mol. The van der Waals surface area contributed by atoms with Crippen molar-refractivity contribution < 1.29 is 33.8 Å². The van der Waals surface area contributed by atoms with Crippen LogP contribution in [0.15, 0.2) is 115 Å². The molecule has 10 nitrogen and oxygen atoms in total. The number of aliphatic hydroxyl groups is 1. The molecule has 256 valence electrons. The first-order chi connectivity index (χ1) is 23.7. The second-order valence-electron chi connectivity index (χ2n) is 12.1. The minimum atomic E-state index is -1.23. The van der Waals surface area contributed by atoms with E-state index in [-0.39, 0.29) is 31.9 Å². The molecule has 0 aliphatic carbocycles. The summed E-state index contributed by atoms with van der Waals surface area (Å²) in [5.41, 5.74) is 3.06. The van der Waals surface area contributed by atoms with E-state index in [1.807, 2.05) is 80.6 Å². The first-order valence-electron chi connectivity index (χ1n) is 16.3. The molecule has 0 saturated carbocycles. The van der Waals surface area contributed by atoms with Gasteiger partial charge in [0.25, 0.3) is 5.91 Å². The lowest BCUT2D eigenvalue weighted by Crippen LogP contribution is -2.55. The van der Waals surface area contributed by atoms with Gasteiger partial charge in [0.1, 0.15) is 31.0 Å². The molecule has 4 aromatic carbocycles. The number of carbonyl (C=O) groups is 4. The third-order valence-corrected chi connectivity index (χ3v) is 7.64. The molecule has 4 N–H and O–H groups in total. The predicted molar refractivity (Wildman–Crippen MR) is 185 cm³/mol. The Morgan fingerprint density at radius 1 is 0.673 bits per heavy atom. The van der Waals surface area contributed by atoms with Gasteiger partial charge in [-0.05, 0) is 46.7 Å². The summed E-state index contributed by atoms with van der Waals surface area (Å²) in [4.78, 5) is 52.7. The van der Waals surface area contributed by atoms with Gasteiger partial charge < -0.3 is 30.5 Å². The van der Waals surface area contributed by atoms with Crippen molar-refractivity contribution in [1.82, 2.24) is 16.0 Å². The largest absolute Gasteiger partial charge is 0.489 e. The average molecular weight is 666 g/mol. The maximum absolute atomic E-state index is 13.5. The molecule has 49 heavy (non-hydrogen) atoms. The highest BCUT2D eigenvalue weighted by atomic mass is 16.5. The highest BCUT2D eigenvalue weighted by molar-refractivity contribution is 6.38. The number of amides is 3. The lowest BCUT2D eigenvalue weighted by atomic mass is 9.99. The SMILES string of the molecule is CC(C)CC(NC(=O)OCc1ccccc1)C(=O)NC(Cc1ccccc1)C(=O)C(=O)NCC(O)c1ccc(OCc2ccccc2)cc1. The van der Waals surface area contributed by atoms with Gasteiger partial charge in [-0.25, -0.2) is 4.79 Å². The maximum atomic E-state index is 13.5. The summed E-state index contributed by atoms with van der Waals surface area (Å²) in [6, 6.07) is 32.4. The second-order valence-corrected chi connectivity index (χ2v) is 12.1. The number of benzene rings is 4. The number of hydrogen-bond acceptors (Lipinski definition) is 7. The van der Waals surface area contributed by atoms with E-state index in [1.165, 1.54) is 0 Å². The van der Waals surface area contributed by atoms with Crippen LogP contribution in [0.1, 0.15) is 48.6 Å². The second kappa shape index (κ2) is 18.8. The quantitative estimate of drug-likeness (QED) is 0.116. The Labute approximate surface area is 286 Å². The number of ether oxygens (including phenoxy) is 2. The third kappa shape index (κ3) is 12.2. The van der Waals surface area contributed by atoms with Crippen LogP contribution in [-0.2, 0) is 38.8 Å². The normalized spacial score (nSPS) is 12.7. The van der Waals surface area contributed by atoms with Crippen LogP contribution in [0.3, 0.4) is 0 Å². The van der Waals surface area contributed by atoms with Crippen molar-refractivity contribution in [2.75, 3.05) is 6.54 Å². The standard InChI is InChI=1S/C39H43N3O7/c1-27(2)22-34(42-39(47)49-26-30-16-10-5-11-17-30)37(45)41-33(23-28-12-6-3-7-13-28)36(44)38(46)40-24-35(43)31-18-20-32(21-19-31)48-25-29-14-8-4-9-15-29/h3-21,27,33-35,43H,22-26H2,1-2H3,(H,40,46)(H,41,45)(H,42,47). The maximum Gasteiger partial charge on any atom is 0.408 e. The molecule has 3 atom stereocenters. The number of alkyl carbamates (subject to hydrolysis) is 1. The van der Waals surface area contributed by atoms with Gasteiger partial charge in [0.15, 0.2) is 0 Å². The van der Waals surface area contributed by atoms with Gasteiger partial charge >= 0.3 is 6.09 Å². The molecule has 0 bridgehead atoms. The first-order valence-corrected chi connectivity index (χ1v) is 16.3. The van der Waals surface area contributed by atoms with Crippen molar-refractivity contribution in [1.29, 1.82) is 0 Å². The molecule has 0 saturated heterocycles. The van der Waals surface area contributed by atoms with Crippen LogP contribution in [-0.4, -0.2) is 47.4 Å². The summed E-state index contributed by atoms with van der Waals surface area (Å²) in [5.74, 6) is -1.83. The van der Waals surface area contributed by atoms with Crippen LogP contribution in [0, 0.1) is 5.92 Å². The Kier molecular flexibility index (Phi) is 13.9. The van der Waals surface area contributed by atoms with E-state index in [9.17, 15) is 24.3 Å². The summed E-state index contributed by atoms with van der Waals surface area (Å²) in [6.07, 6.45) is -1.56. The van der Waals surface area contributed by atoms with Crippen LogP contribution in [0.4, 0.5) is 4.79 Å². The van der Waals surface area contributed by atoms with Crippen LogP contribution in [0.5, 0.6) is 5.75 Å². The third-order valence-electron chi connectivity index (χ3n) is 7.64. The molecule has 3 amide bonds. The Hall–Kier alpha value is -5.48. The van der Waals surface area contributed by atoms with Crippen molar-refractivity contribution in [2.45, 2.75) is 58.1 Å². The number of aliphatic hydroxyl groups excluding tert-OH is 1. The molecule has 4 rings (SSSR count). The summed E-state index contributed by atoms with van der Waals surface area (Å²) in [5, 5.41) is 18.5. The zero-order valence-corrected chi connectivity index (χ0v) is 27.7. The smallest absolute Gasteiger partial charge is 0.408 e. The van der Waals surface area contributed by atoms with Crippen LogP contribution in [0.2, 0.25) is 0 Å². The molecular formula is C39H43N3O7. The molecule has 0 heterocycles. The van der Waals surface area contributed by atoms with Crippen molar-refractivity contribution >= 4 is 23.7 Å². The van der Waals surface area contributed by atoms with Crippen molar-refractivity contribution in [2.24, 2.45) is 5.92 Å². The van der Waals surface area contributed by atoms with Crippen molar-refractivity contribution in [3.05, 3.63) is 138 Å². The molecule has 3 unspecified atom stereocenters. The Morgan fingerprint density at radius 2 is 1.22 bits per heavy atom. The van der Waals surface area contributed by atoms with Crippen LogP contribution >= 0.6 is 0 Å². The van der Waals surface area contributed by atoms with Gasteiger partial charge in [-0.3, -0.25) is 14.4 Å². The van der Waals surface area contributed by atoms with Gasteiger partial charge in [-0.2, -0.15) is 0 Å². The summed E-state index contributed by atoms with van der Waals surface area (Å²) >= 11 is 0. The van der Waals surface area contributed by atoms with E-state index in [2.05, 4.69) is 16.0 Å². The minimum Gasteiger partial charge on any atom is -0.489 e. The zero-order chi connectivity index (χ0) is 35.0. The van der Waals surface area contributed by atoms with E-state index >= 15 is 0 Å². The molecule has 0 fully saturated rings. The van der Waals surface area contributed by atoms with E-state index in [0.717, 1.165) is 16.7 Å². The fraction of sp³-hybridized carbons (Fsp3) is 0.282. The molecule has 0 radical (unpaired) electrons. The molecule has 4 aromatic rings. The Bertz CT molecular complexity index is 1630. The van der Waals surface area contributed by atoms with Crippen LogP contribution in [0.25, 0.3) is 0 Å². The first kappa shape index (κ1) is 36.4. The molecule has 0 aliphatic rings. The lowest BCUT2D eigenvalue weighted by Gasteiger charge is -2.24. The van der Waals surface area contributed by atoms with Gasteiger partial charge in [0, 0.05) is 13.0 Å². The van der Waals surface area contributed by atoms with E-state index in [0.29, 0.717) is 17.9 Å². The highest BCUT2D eigenvalue weighted by Gasteiger charge is 2.31.